The number of nitrogens with one attached hydrogen (secondary N) is 2. The maximum atomic E-state index is 3.71. The molecule has 0 aromatic heterocycles. The van der Waals surface area contributed by atoms with Crippen LogP contribution < -0.4 is 9.96 Å². The Hall–Kier alpha value is -0.123. The van der Waals surface area contributed by atoms with Gasteiger partial charge in [-0.05, 0) is 20.6 Å². The third-order valence-electron chi connectivity index (χ3n) is 1.45. The lowest BCUT2D eigenvalue weighted by molar-refractivity contribution is 1.04. The first-order valence-electron chi connectivity index (χ1n) is 2.70. The van der Waals surface area contributed by atoms with Gasteiger partial charge in [0.05, 0.1) is 0 Å². The SMILES string of the molecule is C=C[Si](C)(NC)NC. The molecule has 0 bridgehead atoms. The predicted molar refractivity (Wildman–Crippen MR) is 39.9 cm³/mol. The molecule has 2 N–H and O–H groups in total. The molecule has 0 aromatic rings. The maximum absolute atomic E-state index is 3.71. The molecule has 0 amide bonds. The lowest BCUT2D eigenvalue weighted by atomic mass is 11.3. The summed E-state index contributed by atoms with van der Waals surface area (Å²) in [7, 11) is 2.49. The van der Waals surface area contributed by atoms with Gasteiger partial charge in [0.1, 0.15) is 0 Å². The largest absolute Gasteiger partial charge is 0.325 e. The molecule has 0 saturated heterocycles. The fourth-order valence-electron chi connectivity index (χ4n) is 0.329. The molecule has 0 aliphatic heterocycles. The van der Waals surface area contributed by atoms with Crippen molar-refractivity contribution in [3.8, 4) is 0 Å². The summed E-state index contributed by atoms with van der Waals surface area (Å²) >= 11 is 0. The summed E-state index contributed by atoms with van der Waals surface area (Å²) in [5.74, 6) is 0. The van der Waals surface area contributed by atoms with Crippen molar-refractivity contribution in [3.63, 3.8) is 0 Å². The highest BCUT2D eigenvalue weighted by atomic mass is 28.3. The Morgan fingerprint density at radius 1 is 1.38 bits per heavy atom. The fourth-order valence-corrected chi connectivity index (χ4v) is 0.987. The Kier molecular flexibility index (Phi) is 2.97. The van der Waals surface area contributed by atoms with Crippen molar-refractivity contribution in [1.29, 1.82) is 0 Å². The molecule has 0 aliphatic carbocycles. The molecular weight excluding hydrogens is 116 g/mol. The van der Waals surface area contributed by atoms with Crippen molar-refractivity contribution in [2.24, 2.45) is 0 Å². The zero-order valence-electron chi connectivity index (χ0n) is 5.78. The molecule has 0 heterocycles. The highest BCUT2D eigenvalue weighted by molar-refractivity contribution is 6.78. The Morgan fingerprint density at radius 3 is 1.75 bits per heavy atom. The van der Waals surface area contributed by atoms with E-state index < -0.39 is 8.40 Å². The van der Waals surface area contributed by atoms with Crippen LogP contribution in [0.2, 0.25) is 6.55 Å². The van der Waals surface area contributed by atoms with Crippen molar-refractivity contribution < 1.29 is 0 Å². The lowest BCUT2D eigenvalue weighted by Crippen LogP contribution is -2.55. The van der Waals surface area contributed by atoms with Crippen molar-refractivity contribution in [2.75, 3.05) is 14.1 Å². The zero-order valence-corrected chi connectivity index (χ0v) is 6.78. The summed E-state index contributed by atoms with van der Waals surface area (Å²) in [5, 5.41) is 0. The van der Waals surface area contributed by atoms with Gasteiger partial charge >= 0.3 is 0 Å². The van der Waals surface area contributed by atoms with Gasteiger partial charge in [0.25, 0.3) is 0 Å². The van der Waals surface area contributed by atoms with Gasteiger partial charge in [-0.15, -0.1) is 6.58 Å². The second kappa shape index (κ2) is 3.01. The summed E-state index contributed by atoms with van der Waals surface area (Å²) in [6.07, 6.45) is 0. The number of hydrogen-bond acceptors (Lipinski definition) is 2. The van der Waals surface area contributed by atoms with Gasteiger partial charge in [0.15, 0.2) is 0 Å². The molecule has 0 rings (SSSR count). The van der Waals surface area contributed by atoms with Crippen LogP contribution in [-0.4, -0.2) is 22.5 Å². The standard InChI is InChI=1S/C5H14N2Si/c1-5-8(4,6-2)7-3/h5-7H,1H2,2-4H3. The van der Waals surface area contributed by atoms with Crippen molar-refractivity contribution in [2.45, 2.75) is 6.55 Å². The molecular formula is C5H14N2Si. The summed E-state index contributed by atoms with van der Waals surface area (Å²) in [5.41, 5.74) is 1.97. The molecule has 0 aromatic carbocycles. The average Bonchev–Trinajstić information content (AvgIpc) is 1.87. The first-order valence-corrected chi connectivity index (χ1v) is 5.27. The van der Waals surface area contributed by atoms with Crippen LogP contribution >= 0.6 is 0 Å². The van der Waals surface area contributed by atoms with Gasteiger partial charge < -0.3 is 9.96 Å². The third kappa shape index (κ3) is 1.77. The van der Waals surface area contributed by atoms with Crippen LogP contribution in [0.5, 0.6) is 0 Å². The first kappa shape index (κ1) is 7.88. The topological polar surface area (TPSA) is 24.1 Å². The number of rotatable bonds is 3. The van der Waals surface area contributed by atoms with Gasteiger partial charge in [0.2, 0.25) is 8.40 Å². The molecule has 48 valence electrons. The van der Waals surface area contributed by atoms with Crippen LogP contribution in [0.15, 0.2) is 12.3 Å². The van der Waals surface area contributed by atoms with Gasteiger partial charge in [-0.25, -0.2) is 0 Å². The van der Waals surface area contributed by atoms with Crippen LogP contribution in [-0.2, 0) is 0 Å². The highest BCUT2D eigenvalue weighted by Gasteiger charge is 2.16. The Balaban J connectivity index is 3.76. The van der Waals surface area contributed by atoms with Gasteiger partial charge in [0, 0.05) is 0 Å². The summed E-state index contributed by atoms with van der Waals surface area (Å²) in [6, 6.07) is 0. The van der Waals surface area contributed by atoms with E-state index in [9.17, 15) is 0 Å². The minimum atomic E-state index is -1.41. The van der Waals surface area contributed by atoms with Crippen molar-refractivity contribution >= 4 is 8.40 Å². The molecule has 0 unspecified atom stereocenters. The van der Waals surface area contributed by atoms with Crippen molar-refractivity contribution in [1.82, 2.24) is 9.96 Å². The van der Waals surface area contributed by atoms with E-state index in [-0.39, 0.29) is 0 Å². The molecule has 0 saturated carbocycles. The second-order valence-electron chi connectivity index (χ2n) is 1.91. The quantitative estimate of drug-likeness (QED) is 0.534. The molecule has 3 heteroatoms. The Labute approximate surface area is 52.2 Å². The fraction of sp³-hybridized carbons (Fsp3) is 0.600. The van der Waals surface area contributed by atoms with E-state index in [0.29, 0.717) is 0 Å². The Bertz CT molecular complexity index is 78.5. The smallest absolute Gasteiger partial charge is 0.222 e. The monoisotopic (exact) mass is 130 g/mol. The van der Waals surface area contributed by atoms with Gasteiger partial charge in [-0.1, -0.05) is 5.70 Å². The summed E-state index contributed by atoms with van der Waals surface area (Å²) in [4.78, 5) is 6.38. The van der Waals surface area contributed by atoms with E-state index >= 15 is 0 Å². The van der Waals surface area contributed by atoms with Crippen LogP contribution in [0.1, 0.15) is 0 Å². The van der Waals surface area contributed by atoms with Gasteiger partial charge in [-0.2, -0.15) is 0 Å². The lowest BCUT2D eigenvalue weighted by Gasteiger charge is -2.19. The van der Waals surface area contributed by atoms with E-state index in [1.807, 2.05) is 19.8 Å². The van der Waals surface area contributed by atoms with E-state index in [2.05, 4.69) is 23.1 Å². The highest BCUT2D eigenvalue weighted by Crippen LogP contribution is 1.88. The molecule has 0 atom stereocenters. The van der Waals surface area contributed by atoms with Crippen LogP contribution in [0.3, 0.4) is 0 Å². The normalized spacial score (nSPS) is 11.4. The number of hydrogen-bond donors (Lipinski definition) is 2. The van der Waals surface area contributed by atoms with Crippen molar-refractivity contribution in [3.05, 3.63) is 12.3 Å². The minimum Gasteiger partial charge on any atom is -0.325 e. The van der Waals surface area contributed by atoms with E-state index in [4.69, 9.17) is 0 Å². The summed E-state index contributed by atoms with van der Waals surface area (Å²) < 4.78 is 0. The summed E-state index contributed by atoms with van der Waals surface area (Å²) in [6.45, 7) is 5.86. The van der Waals surface area contributed by atoms with Crippen LogP contribution in [0, 0.1) is 0 Å². The third-order valence-corrected chi connectivity index (χ3v) is 4.34. The minimum absolute atomic E-state index is 1.41. The van der Waals surface area contributed by atoms with Crippen LogP contribution in [0.4, 0.5) is 0 Å². The zero-order chi connectivity index (χ0) is 6.62. The molecule has 2 nitrogen and oxygen atoms in total. The molecule has 0 fully saturated rings. The molecule has 0 spiro atoms. The van der Waals surface area contributed by atoms with Gasteiger partial charge in [-0.3, -0.25) is 0 Å². The molecule has 0 aliphatic rings. The molecule has 0 radical (unpaired) electrons. The first-order chi connectivity index (χ1) is 3.68. The average molecular weight is 130 g/mol. The van der Waals surface area contributed by atoms with E-state index in [1.165, 1.54) is 0 Å². The van der Waals surface area contributed by atoms with E-state index in [0.717, 1.165) is 0 Å². The van der Waals surface area contributed by atoms with Crippen LogP contribution in [0.25, 0.3) is 0 Å². The second-order valence-corrected chi connectivity index (χ2v) is 5.72. The van der Waals surface area contributed by atoms with E-state index in [1.54, 1.807) is 0 Å². The molecule has 8 heavy (non-hydrogen) atoms. The maximum Gasteiger partial charge on any atom is 0.222 e. The Morgan fingerprint density at radius 2 is 1.75 bits per heavy atom. The predicted octanol–water partition coefficient (Wildman–Crippen LogP) is 0.222.